The van der Waals surface area contributed by atoms with Gasteiger partial charge in [0.05, 0.1) is 0 Å². The van der Waals surface area contributed by atoms with E-state index < -0.39 is 0 Å². The summed E-state index contributed by atoms with van der Waals surface area (Å²) in [5.41, 5.74) is 1.41. The zero-order valence-electron chi connectivity index (χ0n) is 14.3. The second kappa shape index (κ2) is 9.09. The highest BCUT2D eigenvalue weighted by Gasteiger charge is 2.13. The normalized spacial score (nSPS) is 10.4. The van der Waals surface area contributed by atoms with E-state index in [0.717, 1.165) is 5.56 Å². The molecule has 0 saturated carbocycles. The molecule has 3 rings (SSSR count). The van der Waals surface area contributed by atoms with Crippen molar-refractivity contribution in [3.05, 3.63) is 70.6 Å². The molecular weight excluding hydrogens is 412 g/mol. The quantitative estimate of drug-likeness (QED) is 0.445. The Balaban J connectivity index is 1.41. The van der Waals surface area contributed by atoms with E-state index in [1.165, 1.54) is 0 Å². The molecule has 2 amide bonds. The van der Waals surface area contributed by atoms with Crippen molar-refractivity contribution in [2.75, 3.05) is 13.1 Å². The van der Waals surface area contributed by atoms with Gasteiger partial charge in [0, 0.05) is 24.7 Å². The van der Waals surface area contributed by atoms with E-state index in [0.29, 0.717) is 35.6 Å². The second-order valence-corrected chi connectivity index (χ2v) is 6.47. The molecule has 8 heteroatoms. The highest BCUT2D eigenvalue weighted by Crippen LogP contribution is 2.19. The second-order valence-electron chi connectivity index (χ2n) is 5.65. The lowest BCUT2D eigenvalue weighted by Crippen LogP contribution is -2.30. The molecule has 7 nitrogen and oxygen atoms in total. The van der Waals surface area contributed by atoms with Gasteiger partial charge in [-0.25, -0.2) is 4.98 Å². The summed E-state index contributed by atoms with van der Waals surface area (Å²) in [6.45, 7) is 0.819. The molecule has 27 heavy (non-hydrogen) atoms. The molecule has 3 aromatic rings. The van der Waals surface area contributed by atoms with Crippen LogP contribution in [0.1, 0.15) is 27.4 Å². The minimum Gasteiger partial charge on any atom is -0.355 e. The maximum Gasteiger partial charge on any atom is 0.273 e. The first-order valence-corrected chi connectivity index (χ1v) is 9.14. The molecule has 0 bridgehead atoms. The van der Waals surface area contributed by atoms with Gasteiger partial charge in [0.15, 0.2) is 11.5 Å². The Hall–Kier alpha value is -3.00. The van der Waals surface area contributed by atoms with E-state index in [1.54, 1.807) is 24.3 Å². The average Bonchev–Trinajstić information content (AvgIpc) is 3.18. The summed E-state index contributed by atoms with van der Waals surface area (Å²) in [7, 11) is 0. The Labute approximate surface area is 164 Å². The molecule has 0 atom stereocenters. The number of benzene rings is 1. The third-order valence-corrected chi connectivity index (χ3v) is 4.12. The molecule has 2 heterocycles. The predicted molar refractivity (Wildman–Crippen MR) is 103 cm³/mol. The third kappa shape index (κ3) is 5.24. The summed E-state index contributed by atoms with van der Waals surface area (Å²) in [5.74, 6) is -0.0397. The van der Waals surface area contributed by atoms with Crippen LogP contribution >= 0.6 is 15.9 Å². The van der Waals surface area contributed by atoms with Gasteiger partial charge in [-0.05, 0) is 34.5 Å². The van der Waals surface area contributed by atoms with Crippen molar-refractivity contribution in [2.45, 2.75) is 6.42 Å². The zero-order chi connectivity index (χ0) is 19.1. The highest BCUT2D eigenvalue weighted by molar-refractivity contribution is 9.10. The van der Waals surface area contributed by atoms with Crippen molar-refractivity contribution in [1.29, 1.82) is 0 Å². The lowest BCUT2D eigenvalue weighted by Gasteiger charge is -2.05. The summed E-state index contributed by atoms with van der Waals surface area (Å²) >= 11 is 3.23. The van der Waals surface area contributed by atoms with Crippen LogP contribution in [0.4, 0.5) is 0 Å². The molecule has 2 aromatic heterocycles. The van der Waals surface area contributed by atoms with Gasteiger partial charge in [-0.2, -0.15) is 0 Å². The number of carbonyl (C=O) groups is 2. The van der Waals surface area contributed by atoms with E-state index in [2.05, 4.69) is 36.7 Å². The van der Waals surface area contributed by atoms with E-state index in [1.807, 2.05) is 30.3 Å². The Kier molecular flexibility index (Phi) is 6.32. The lowest BCUT2D eigenvalue weighted by molar-refractivity contribution is 0.0944. The first kappa shape index (κ1) is 18.8. The van der Waals surface area contributed by atoms with E-state index in [4.69, 9.17) is 4.52 Å². The number of pyridine rings is 1. The van der Waals surface area contributed by atoms with Crippen molar-refractivity contribution >= 4 is 27.7 Å². The van der Waals surface area contributed by atoms with Gasteiger partial charge in [0.1, 0.15) is 10.3 Å². The number of rotatable bonds is 7. The van der Waals surface area contributed by atoms with E-state index >= 15 is 0 Å². The van der Waals surface area contributed by atoms with Crippen LogP contribution in [0.25, 0.3) is 11.3 Å². The summed E-state index contributed by atoms with van der Waals surface area (Å²) in [4.78, 5) is 28.1. The Morgan fingerprint density at radius 3 is 2.33 bits per heavy atom. The van der Waals surface area contributed by atoms with Gasteiger partial charge < -0.3 is 15.2 Å². The molecule has 1 aromatic carbocycles. The Morgan fingerprint density at radius 2 is 1.63 bits per heavy atom. The lowest BCUT2D eigenvalue weighted by atomic mass is 10.1. The smallest absolute Gasteiger partial charge is 0.273 e. The van der Waals surface area contributed by atoms with Crippen molar-refractivity contribution in [3.8, 4) is 11.3 Å². The van der Waals surface area contributed by atoms with Crippen molar-refractivity contribution in [1.82, 2.24) is 20.8 Å². The van der Waals surface area contributed by atoms with Gasteiger partial charge in [-0.15, -0.1) is 0 Å². The van der Waals surface area contributed by atoms with Gasteiger partial charge in [0.25, 0.3) is 11.8 Å². The van der Waals surface area contributed by atoms with Crippen LogP contribution in [0, 0.1) is 0 Å². The van der Waals surface area contributed by atoms with E-state index in [-0.39, 0.29) is 17.5 Å². The highest BCUT2D eigenvalue weighted by atomic mass is 79.9. The number of nitrogens with zero attached hydrogens (tertiary/aromatic N) is 2. The third-order valence-electron chi connectivity index (χ3n) is 3.67. The topological polar surface area (TPSA) is 97.1 Å². The Bertz CT molecular complexity index is 927. The van der Waals surface area contributed by atoms with Crippen molar-refractivity contribution < 1.29 is 14.1 Å². The minimum atomic E-state index is -0.319. The van der Waals surface area contributed by atoms with Crippen LogP contribution in [0.15, 0.2) is 63.7 Å². The van der Waals surface area contributed by atoms with Crippen LogP contribution in [0.5, 0.6) is 0 Å². The van der Waals surface area contributed by atoms with Crippen molar-refractivity contribution in [2.24, 2.45) is 0 Å². The van der Waals surface area contributed by atoms with Gasteiger partial charge in [-0.3, -0.25) is 9.59 Å². The number of hydrogen-bond acceptors (Lipinski definition) is 5. The summed E-state index contributed by atoms with van der Waals surface area (Å²) in [6.07, 6.45) is 0.578. The van der Waals surface area contributed by atoms with Crippen LogP contribution in [0.2, 0.25) is 0 Å². The SMILES string of the molecule is O=C(NCCCNC(=O)c1cccc(Br)n1)c1cc(-c2ccccc2)on1. The largest absolute Gasteiger partial charge is 0.355 e. The molecule has 2 N–H and O–H groups in total. The molecule has 0 saturated heterocycles. The minimum absolute atomic E-state index is 0.219. The number of hydrogen-bond donors (Lipinski definition) is 2. The molecule has 0 aliphatic heterocycles. The fourth-order valence-corrected chi connectivity index (χ4v) is 2.67. The zero-order valence-corrected chi connectivity index (χ0v) is 15.9. The maximum atomic E-state index is 12.1. The number of halogens is 1. The molecule has 0 radical (unpaired) electrons. The predicted octanol–water partition coefficient (Wildman–Crippen LogP) is 3.05. The Morgan fingerprint density at radius 1 is 0.926 bits per heavy atom. The van der Waals surface area contributed by atoms with E-state index in [9.17, 15) is 9.59 Å². The van der Waals surface area contributed by atoms with Gasteiger partial charge >= 0.3 is 0 Å². The van der Waals surface area contributed by atoms with Crippen molar-refractivity contribution in [3.63, 3.8) is 0 Å². The molecule has 0 aliphatic carbocycles. The fraction of sp³-hybridized carbons (Fsp3) is 0.158. The average molecular weight is 429 g/mol. The molecule has 0 spiro atoms. The number of carbonyl (C=O) groups excluding carboxylic acids is 2. The standard InChI is InChI=1S/C19H17BrN4O3/c20-17-9-4-8-14(23-17)18(25)21-10-5-11-22-19(26)15-12-16(27-24-15)13-6-2-1-3-7-13/h1-4,6-9,12H,5,10-11H2,(H,21,25)(H,22,26). The number of aromatic nitrogens is 2. The maximum absolute atomic E-state index is 12.1. The fourth-order valence-electron chi connectivity index (χ4n) is 2.33. The number of nitrogens with one attached hydrogen (secondary N) is 2. The van der Waals surface area contributed by atoms with Crippen LogP contribution in [-0.2, 0) is 0 Å². The number of amides is 2. The summed E-state index contributed by atoms with van der Waals surface area (Å²) in [5, 5.41) is 9.31. The molecular formula is C19H17BrN4O3. The van der Waals surface area contributed by atoms with Crippen LogP contribution in [-0.4, -0.2) is 35.0 Å². The molecule has 0 fully saturated rings. The van der Waals surface area contributed by atoms with Gasteiger partial charge in [0.2, 0.25) is 0 Å². The van der Waals surface area contributed by atoms with Crippen LogP contribution < -0.4 is 10.6 Å². The first-order chi connectivity index (χ1) is 13.1. The van der Waals surface area contributed by atoms with Crippen LogP contribution in [0.3, 0.4) is 0 Å². The summed E-state index contributed by atoms with van der Waals surface area (Å²) < 4.78 is 5.81. The molecule has 0 unspecified atom stereocenters. The molecule has 138 valence electrons. The monoisotopic (exact) mass is 428 g/mol. The molecule has 0 aliphatic rings. The first-order valence-electron chi connectivity index (χ1n) is 8.34. The summed E-state index contributed by atoms with van der Waals surface area (Å²) in [6, 6.07) is 16.2. The van der Waals surface area contributed by atoms with Gasteiger partial charge in [-0.1, -0.05) is 41.6 Å².